The number of nitrogens with zero attached hydrogens (tertiary/aromatic N) is 1. The number of carbonyl (C=O) groups is 1. The van der Waals surface area contributed by atoms with Crippen LogP contribution in [0, 0.1) is 19.7 Å². The fourth-order valence-electron chi connectivity index (χ4n) is 2.33. The van der Waals surface area contributed by atoms with Gasteiger partial charge in [0.2, 0.25) is 0 Å². The fraction of sp³-hybridized carbons (Fsp3) is 0.158. The topological polar surface area (TPSA) is 64.4 Å². The van der Waals surface area contributed by atoms with Crippen LogP contribution in [0.3, 0.4) is 0 Å². The van der Waals surface area contributed by atoms with Crippen LogP contribution in [0.4, 0.5) is 10.1 Å². The number of nitrogens with one attached hydrogen (secondary N) is 1. The van der Waals surface area contributed by atoms with E-state index in [0.717, 1.165) is 5.56 Å². The first-order chi connectivity index (χ1) is 12.0. The minimum atomic E-state index is -0.548. The van der Waals surface area contributed by atoms with Gasteiger partial charge in [0.15, 0.2) is 5.69 Å². The number of benzene rings is 2. The molecule has 128 valence electrons. The van der Waals surface area contributed by atoms with E-state index in [0.29, 0.717) is 17.1 Å². The van der Waals surface area contributed by atoms with Crippen molar-refractivity contribution in [1.29, 1.82) is 0 Å². The lowest BCUT2D eigenvalue weighted by molar-refractivity contribution is 0.101. The summed E-state index contributed by atoms with van der Waals surface area (Å²) in [5.41, 5.74) is 1.53. The number of aromatic nitrogens is 1. The molecule has 0 saturated carbocycles. The summed E-state index contributed by atoms with van der Waals surface area (Å²) >= 11 is 0. The molecule has 0 aliphatic rings. The molecule has 0 aliphatic carbocycles. The Morgan fingerprint density at radius 1 is 1.20 bits per heavy atom. The molecule has 0 radical (unpaired) electrons. The fourth-order valence-corrected chi connectivity index (χ4v) is 2.33. The van der Waals surface area contributed by atoms with Gasteiger partial charge >= 0.3 is 0 Å². The number of amides is 1. The second-order valence-electron chi connectivity index (χ2n) is 5.61. The van der Waals surface area contributed by atoms with E-state index in [2.05, 4.69) is 10.5 Å². The van der Waals surface area contributed by atoms with Gasteiger partial charge in [-0.2, -0.15) is 0 Å². The summed E-state index contributed by atoms with van der Waals surface area (Å²) in [6, 6.07) is 13.7. The van der Waals surface area contributed by atoms with Gasteiger partial charge in [-0.15, -0.1) is 0 Å². The Morgan fingerprint density at radius 3 is 2.72 bits per heavy atom. The first-order valence-corrected chi connectivity index (χ1v) is 7.75. The molecular weight excluding hydrogens is 323 g/mol. The minimum Gasteiger partial charge on any atom is -0.489 e. The lowest BCUT2D eigenvalue weighted by Crippen LogP contribution is -2.16. The molecule has 1 heterocycles. The maximum atomic E-state index is 13.8. The SMILES string of the molecule is Cc1ccc(F)c(NC(=O)c2noc(C)c2COc2ccccc2)c1. The van der Waals surface area contributed by atoms with E-state index in [-0.39, 0.29) is 18.0 Å². The number of ether oxygens (including phenoxy) is 1. The number of hydrogen-bond acceptors (Lipinski definition) is 4. The Morgan fingerprint density at radius 2 is 1.96 bits per heavy atom. The van der Waals surface area contributed by atoms with Crippen molar-refractivity contribution in [2.45, 2.75) is 20.5 Å². The van der Waals surface area contributed by atoms with Gasteiger partial charge in [0.25, 0.3) is 5.91 Å². The van der Waals surface area contributed by atoms with Crippen molar-refractivity contribution >= 4 is 11.6 Å². The van der Waals surface area contributed by atoms with E-state index >= 15 is 0 Å². The van der Waals surface area contributed by atoms with Gasteiger partial charge in [-0.1, -0.05) is 29.4 Å². The third kappa shape index (κ3) is 3.85. The Kier molecular flexibility index (Phi) is 4.79. The molecule has 1 N–H and O–H groups in total. The molecular formula is C19H17FN2O3. The summed E-state index contributed by atoms with van der Waals surface area (Å²) in [5.74, 6) is 0.0826. The molecule has 3 rings (SSSR count). The number of rotatable bonds is 5. The van der Waals surface area contributed by atoms with Gasteiger partial charge in [-0.05, 0) is 43.7 Å². The molecule has 0 fully saturated rings. The molecule has 0 unspecified atom stereocenters. The summed E-state index contributed by atoms with van der Waals surface area (Å²) in [7, 11) is 0. The molecule has 2 aromatic carbocycles. The first-order valence-electron chi connectivity index (χ1n) is 7.75. The molecule has 3 aromatic rings. The molecule has 1 aromatic heterocycles. The molecule has 0 bridgehead atoms. The Hall–Kier alpha value is -3.15. The van der Waals surface area contributed by atoms with Gasteiger partial charge in [-0.25, -0.2) is 4.39 Å². The zero-order valence-electron chi connectivity index (χ0n) is 13.9. The Balaban J connectivity index is 1.78. The van der Waals surface area contributed by atoms with Crippen LogP contribution in [0.15, 0.2) is 53.1 Å². The summed E-state index contributed by atoms with van der Waals surface area (Å²) < 4.78 is 24.6. The average Bonchev–Trinajstić information content (AvgIpc) is 2.98. The van der Waals surface area contributed by atoms with Gasteiger partial charge in [0, 0.05) is 0 Å². The van der Waals surface area contributed by atoms with Crippen molar-refractivity contribution in [3.8, 4) is 5.75 Å². The molecule has 6 heteroatoms. The van der Waals surface area contributed by atoms with Crippen molar-refractivity contribution in [2.75, 3.05) is 5.32 Å². The number of aryl methyl sites for hydroxylation is 2. The van der Waals surface area contributed by atoms with Crippen LogP contribution in [0.5, 0.6) is 5.75 Å². The van der Waals surface area contributed by atoms with Crippen LogP contribution in [0.1, 0.15) is 27.4 Å². The van der Waals surface area contributed by atoms with Crippen molar-refractivity contribution in [3.05, 3.63) is 76.9 Å². The largest absolute Gasteiger partial charge is 0.489 e. The predicted octanol–water partition coefficient (Wildman–Crippen LogP) is 4.26. The summed E-state index contributed by atoms with van der Waals surface area (Å²) in [6.07, 6.45) is 0. The average molecular weight is 340 g/mol. The van der Waals surface area contributed by atoms with Crippen LogP contribution in [-0.2, 0) is 6.61 Å². The number of halogens is 1. The maximum Gasteiger partial charge on any atom is 0.278 e. The summed E-state index contributed by atoms with van der Waals surface area (Å²) in [6.45, 7) is 3.63. The van der Waals surface area contributed by atoms with Crippen LogP contribution < -0.4 is 10.1 Å². The smallest absolute Gasteiger partial charge is 0.278 e. The molecule has 0 aliphatic heterocycles. The van der Waals surface area contributed by atoms with E-state index in [1.807, 2.05) is 37.3 Å². The third-order valence-electron chi connectivity index (χ3n) is 3.70. The van der Waals surface area contributed by atoms with E-state index in [1.54, 1.807) is 19.1 Å². The van der Waals surface area contributed by atoms with E-state index in [4.69, 9.17) is 9.26 Å². The second kappa shape index (κ2) is 7.17. The standard InChI is InChI=1S/C19H17FN2O3/c1-12-8-9-16(20)17(10-12)21-19(23)18-15(13(2)25-22-18)11-24-14-6-4-3-5-7-14/h3-10H,11H2,1-2H3,(H,21,23). The summed E-state index contributed by atoms with van der Waals surface area (Å²) in [4.78, 5) is 12.5. The maximum absolute atomic E-state index is 13.8. The number of anilines is 1. The van der Waals surface area contributed by atoms with Crippen LogP contribution in [0.25, 0.3) is 0 Å². The molecule has 25 heavy (non-hydrogen) atoms. The molecule has 1 amide bonds. The Bertz CT molecular complexity index is 891. The van der Waals surface area contributed by atoms with Crippen LogP contribution in [0.2, 0.25) is 0 Å². The van der Waals surface area contributed by atoms with E-state index in [1.165, 1.54) is 6.07 Å². The highest BCUT2D eigenvalue weighted by Gasteiger charge is 2.21. The van der Waals surface area contributed by atoms with E-state index in [9.17, 15) is 9.18 Å². The number of carbonyl (C=O) groups excluding carboxylic acids is 1. The second-order valence-corrected chi connectivity index (χ2v) is 5.61. The lowest BCUT2D eigenvalue weighted by Gasteiger charge is -2.08. The van der Waals surface area contributed by atoms with Crippen molar-refractivity contribution < 1.29 is 18.4 Å². The molecule has 5 nitrogen and oxygen atoms in total. The highest BCUT2D eigenvalue weighted by molar-refractivity contribution is 6.04. The highest BCUT2D eigenvalue weighted by atomic mass is 19.1. The Labute approximate surface area is 144 Å². The molecule has 0 spiro atoms. The highest BCUT2D eigenvalue weighted by Crippen LogP contribution is 2.21. The quantitative estimate of drug-likeness (QED) is 0.754. The van der Waals surface area contributed by atoms with Crippen molar-refractivity contribution in [2.24, 2.45) is 0 Å². The zero-order chi connectivity index (χ0) is 17.8. The van der Waals surface area contributed by atoms with Gasteiger partial charge in [0.05, 0.1) is 11.3 Å². The van der Waals surface area contributed by atoms with Gasteiger partial charge < -0.3 is 14.6 Å². The van der Waals surface area contributed by atoms with Crippen molar-refractivity contribution in [1.82, 2.24) is 5.16 Å². The third-order valence-corrected chi connectivity index (χ3v) is 3.70. The van der Waals surface area contributed by atoms with Crippen LogP contribution in [-0.4, -0.2) is 11.1 Å². The normalized spacial score (nSPS) is 10.5. The van der Waals surface area contributed by atoms with Crippen LogP contribution >= 0.6 is 0 Å². The number of para-hydroxylation sites is 1. The van der Waals surface area contributed by atoms with Gasteiger partial charge in [0.1, 0.15) is 23.9 Å². The van der Waals surface area contributed by atoms with Crippen molar-refractivity contribution in [3.63, 3.8) is 0 Å². The lowest BCUT2D eigenvalue weighted by atomic mass is 10.1. The first kappa shape index (κ1) is 16.7. The summed E-state index contributed by atoms with van der Waals surface area (Å²) in [5, 5.41) is 6.31. The monoisotopic (exact) mass is 340 g/mol. The van der Waals surface area contributed by atoms with Gasteiger partial charge in [-0.3, -0.25) is 4.79 Å². The zero-order valence-corrected chi connectivity index (χ0v) is 13.9. The molecule has 0 saturated heterocycles. The molecule has 0 atom stereocenters. The number of hydrogen-bond donors (Lipinski definition) is 1. The predicted molar refractivity (Wildman–Crippen MR) is 91.1 cm³/mol. The van der Waals surface area contributed by atoms with E-state index < -0.39 is 11.7 Å². The minimum absolute atomic E-state index is 0.0781.